The summed E-state index contributed by atoms with van der Waals surface area (Å²) < 4.78 is 20.4. The number of benzene rings is 4. The van der Waals surface area contributed by atoms with E-state index in [1.165, 1.54) is 37.3 Å². The monoisotopic (exact) mass is 503 g/mol. The lowest BCUT2D eigenvalue weighted by Crippen LogP contribution is -2.12. The van der Waals surface area contributed by atoms with Crippen LogP contribution in [0.15, 0.2) is 91.0 Å². The Labute approximate surface area is 223 Å². The largest absolute Gasteiger partial charge is 0.426 e. The Hall–Kier alpha value is -4.23. The third-order valence-electron chi connectivity index (χ3n) is 7.53. The van der Waals surface area contributed by atoms with Gasteiger partial charge in [-0.3, -0.25) is 4.79 Å². The molecule has 5 rings (SSSR count). The SMILES string of the molecule is CC1CCC(c2ccc(CC(=O)Oc3ccc(-c4ccc(-c5ccc(C#N)cc5)c(F)c4)cc3)cc2)CC1. The lowest BCUT2D eigenvalue weighted by Gasteiger charge is -2.26. The molecule has 0 bridgehead atoms. The van der Waals surface area contributed by atoms with Crippen molar-refractivity contribution in [1.29, 1.82) is 5.26 Å². The number of carbonyl (C=O) groups is 1. The molecule has 0 heterocycles. The lowest BCUT2D eigenvalue weighted by molar-refractivity contribution is -0.133. The average molecular weight is 504 g/mol. The van der Waals surface area contributed by atoms with Gasteiger partial charge in [0.1, 0.15) is 11.6 Å². The number of nitriles is 1. The molecule has 38 heavy (non-hydrogen) atoms. The van der Waals surface area contributed by atoms with Crippen molar-refractivity contribution in [3.63, 3.8) is 0 Å². The Bertz CT molecular complexity index is 1440. The summed E-state index contributed by atoms with van der Waals surface area (Å²) in [7, 11) is 0. The zero-order valence-electron chi connectivity index (χ0n) is 21.5. The second-order valence-electron chi connectivity index (χ2n) is 10.3. The van der Waals surface area contributed by atoms with E-state index in [4.69, 9.17) is 10.00 Å². The van der Waals surface area contributed by atoms with Gasteiger partial charge in [-0.15, -0.1) is 0 Å². The summed E-state index contributed by atoms with van der Waals surface area (Å²) in [6, 6.07) is 29.5. The highest BCUT2D eigenvalue weighted by molar-refractivity contribution is 5.76. The van der Waals surface area contributed by atoms with Crippen molar-refractivity contribution < 1.29 is 13.9 Å². The molecule has 0 N–H and O–H groups in total. The number of halogens is 1. The molecule has 1 aliphatic rings. The van der Waals surface area contributed by atoms with Gasteiger partial charge in [-0.1, -0.05) is 80.4 Å². The average Bonchev–Trinajstić information content (AvgIpc) is 2.94. The number of ether oxygens (including phenoxy) is 1. The van der Waals surface area contributed by atoms with Crippen LogP contribution >= 0.6 is 0 Å². The van der Waals surface area contributed by atoms with E-state index in [0.29, 0.717) is 28.4 Å². The topological polar surface area (TPSA) is 50.1 Å². The molecule has 0 atom stereocenters. The fourth-order valence-corrected chi connectivity index (χ4v) is 5.20. The van der Waals surface area contributed by atoms with Crippen LogP contribution in [-0.4, -0.2) is 5.97 Å². The first-order valence-electron chi connectivity index (χ1n) is 13.2. The van der Waals surface area contributed by atoms with E-state index < -0.39 is 0 Å². The van der Waals surface area contributed by atoms with Gasteiger partial charge in [0.15, 0.2) is 0 Å². The van der Waals surface area contributed by atoms with Crippen LogP contribution in [-0.2, 0) is 11.2 Å². The number of carbonyl (C=O) groups excluding carboxylic acids is 1. The number of rotatable bonds is 6. The van der Waals surface area contributed by atoms with E-state index in [-0.39, 0.29) is 18.2 Å². The van der Waals surface area contributed by atoms with Gasteiger partial charge in [0.05, 0.1) is 18.1 Å². The second kappa shape index (κ2) is 11.4. The van der Waals surface area contributed by atoms with E-state index in [1.807, 2.05) is 30.3 Å². The minimum Gasteiger partial charge on any atom is -0.426 e. The van der Waals surface area contributed by atoms with Gasteiger partial charge in [-0.2, -0.15) is 5.26 Å². The quantitative estimate of drug-likeness (QED) is 0.196. The summed E-state index contributed by atoms with van der Waals surface area (Å²) in [5.74, 6) is 1.27. The standard InChI is InChI=1S/C34H30FNO2/c1-23-2-8-26(9-3-23)27-10-4-24(5-11-27)20-34(37)38-31-17-14-28(15-18-31)30-16-19-32(33(35)21-30)29-12-6-25(22-36)7-13-29/h4-7,10-19,21,23,26H,2-3,8-9,20H2,1H3. The van der Waals surface area contributed by atoms with Crippen molar-refractivity contribution in [2.45, 2.75) is 44.9 Å². The number of hydrogen-bond acceptors (Lipinski definition) is 3. The summed E-state index contributed by atoms with van der Waals surface area (Å²) in [6.45, 7) is 2.33. The molecule has 4 aromatic carbocycles. The van der Waals surface area contributed by atoms with Crippen LogP contribution in [0.3, 0.4) is 0 Å². The summed E-state index contributed by atoms with van der Waals surface area (Å²) in [5.41, 5.74) is 5.59. The van der Waals surface area contributed by atoms with E-state index in [1.54, 1.807) is 42.5 Å². The first-order chi connectivity index (χ1) is 18.5. The van der Waals surface area contributed by atoms with Crippen molar-refractivity contribution in [2.75, 3.05) is 0 Å². The smallest absolute Gasteiger partial charge is 0.315 e. The Balaban J connectivity index is 1.19. The van der Waals surface area contributed by atoms with E-state index in [2.05, 4.69) is 25.1 Å². The van der Waals surface area contributed by atoms with Gasteiger partial charge >= 0.3 is 5.97 Å². The highest BCUT2D eigenvalue weighted by atomic mass is 19.1. The molecule has 0 saturated heterocycles. The van der Waals surface area contributed by atoms with E-state index >= 15 is 0 Å². The third kappa shape index (κ3) is 6.01. The van der Waals surface area contributed by atoms with Crippen molar-refractivity contribution in [1.82, 2.24) is 0 Å². The molecule has 4 heteroatoms. The predicted octanol–water partition coefficient (Wildman–Crippen LogP) is 8.47. The maximum Gasteiger partial charge on any atom is 0.315 e. The van der Waals surface area contributed by atoms with E-state index in [9.17, 15) is 9.18 Å². The maximum atomic E-state index is 14.9. The van der Waals surface area contributed by atoms with Crippen LogP contribution in [0.25, 0.3) is 22.3 Å². The lowest BCUT2D eigenvalue weighted by atomic mass is 9.79. The molecule has 0 aliphatic heterocycles. The van der Waals surface area contributed by atoms with Crippen molar-refractivity contribution in [2.24, 2.45) is 5.92 Å². The molecule has 0 aromatic heterocycles. The Morgan fingerprint density at radius 3 is 2.11 bits per heavy atom. The molecule has 1 aliphatic carbocycles. The number of esters is 1. The summed E-state index contributed by atoms with van der Waals surface area (Å²) >= 11 is 0. The summed E-state index contributed by atoms with van der Waals surface area (Å²) in [4.78, 5) is 12.5. The first kappa shape index (κ1) is 25.4. The molecule has 190 valence electrons. The highest BCUT2D eigenvalue weighted by Crippen LogP contribution is 2.35. The number of hydrogen-bond donors (Lipinski definition) is 0. The minimum absolute atomic E-state index is 0.214. The number of nitrogens with zero attached hydrogens (tertiary/aromatic N) is 1. The third-order valence-corrected chi connectivity index (χ3v) is 7.53. The Kier molecular flexibility index (Phi) is 7.65. The van der Waals surface area contributed by atoms with Crippen LogP contribution in [0.2, 0.25) is 0 Å². The molecule has 4 aromatic rings. The molecular formula is C34H30FNO2. The fourth-order valence-electron chi connectivity index (χ4n) is 5.20. The molecule has 0 amide bonds. The molecule has 0 spiro atoms. The zero-order chi connectivity index (χ0) is 26.5. The second-order valence-corrected chi connectivity index (χ2v) is 10.3. The van der Waals surface area contributed by atoms with Crippen molar-refractivity contribution >= 4 is 5.97 Å². The molecule has 1 fully saturated rings. The van der Waals surface area contributed by atoms with Crippen LogP contribution in [0.4, 0.5) is 4.39 Å². The predicted molar refractivity (Wildman–Crippen MR) is 148 cm³/mol. The Morgan fingerprint density at radius 2 is 1.47 bits per heavy atom. The van der Waals surface area contributed by atoms with Gasteiger partial charge in [0.25, 0.3) is 0 Å². The van der Waals surface area contributed by atoms with Gasteiger partial charge in [0, 0.05) is 5.56 Å². The van der Waals surface area contributed by atoms with Gasteiger partial charge in [-0.05, 0) is 82.8 Å². The molecule has 0 unspecified atom stereocenters. The molecule has 1 saturated carbocycles. The van der Waals surface area contributed by atoms with E-state index in [0.717, 1.165) is 22.6 Å². The fraction of sp³-hybridized carbons (Fsp3) is 0.235. The van der Waals surface area contributed by atoms with Gasteiger partial charge < -0.3 is 4.74 Å². The molecular weight excluding hydrogens is 473 g/mol. The van der Waals surface area contributed by atoms with Gasteiger partial charge in [0.2, 0.25) is 0 Å². The molecule has 0 radical (unpaired) electrons. The van der Waals surface area contributed by atoms with Crippen LogP contribution in [0, 0.1) is 23.1 Å². The van der Waals surface area contributed by atoms with Crippen molar-refractivity contribution in [3.8, 4) is 34.1 Å². The highest BCUT2D eigenvalue weighted by Gasteiger charge is 2.19. The van der Waals surface area contributed by atoms with Crippen LogP contribution in [0.5, 0.6) is 5.75 Å². The van der Waals surface area contributed by atoms with Crippen LogP contribution in [0.1, 0.15) is 55.2 Å². The normalized spacial score (nSPS) is 17.0. The summed E-state index contributed by atoms with van der Waals surface area (Å²) in [6.07, 6.45) is 5.28. The molecule has 3 nitrogen and oxygen atoms in total. The zero-order valence-corrected chi connectivity index (χ0v) is 21.5. The minimum atomic E-state index is -0.341. The summed E-state index contributed by atoms with van der Waals surface area (Å²) in [5, 5.41) is 8.95. The maximum absolute atomic E-state index is 14.9. The Morgan fingerprint density at radius 1 is 0.842 bits per heavy atom. The van der Waals surface area contributed by atoms with Gasteiger partial charge in [-0.25, -0.2) is 4.39 Å². The first-order valence-corrected chi connectivity index (χ1v) is 13.2. The van der Waals surface area contributed by atoms with Crippen molar-refractivity contribution in [3.05, 3.63) is 114 Å². The van der Waals surface area contributed by atoms with Crippen LogP contribution < -0.4 is 4.74 Å².